The lowest BCUT2D eigenvalue weighted by Crippen LogP contribution is -1.95. The Labute approximate surface area is 85.5 Å². The highest BCUT2D eigenvalue weighted by Gasteiger charge is 2.15. The number of oxazole rings is 1. The molecule has 0 amide bonds. The first-order valence-electron chi connectivity index (χ1n) is 3.57. The van der Waals surface area contributed by atoms with E-state index in [1.807, 2.05) is 0 Å². The average molecular weight is 260 g/mol. The van der Waals surface area contributed by atoms with Gasteiger partial charge in [0.1, 0.15) is 5.52 Å². The van der Waals surface area contributed by atoms with E-state index < -0.39 is 17.7 Å². The number of carboxylic acid groups (broad SMARTS) is 1. The van der Waals surface area contributed by atoms with Crippen molar-refractivity contribution >= 4 is 33.0 Å². The van der Waals surface area contributed by atoms with Gasteiger partial charge in [-0.3, -0.25) is 0 Å². The maximum atomic E-state index is 13.2. The summed E-state index contributed by atoms with van der Waals surface area (Å²) >= 11 is 3.05. The number of benzene rings is 1. The topological polar surface area (TPSA) is 63.3 Å². The number of halogens is 2. The molecule has 0 aliphatic carbocycles. The first kappa shape index (κ1) is 9.14. The van der Waals surface area contributed by atoms with Crippen LogP contribution >= 0.6 is 15.9 Å². The molecule has 0 saturated carbocycles. The highest BCUT2D eigenvalue weighted by atomic mass is 79.9. The molecule has 72 valence electrons. The monoisotopic (exact) mass is 259 g/mol. The summed E-state index contributed by atoms with van der Waals surface area (Å²) in [5, 5.41) is 8.56. The zero-order valence-electron chi connectivity index (χ0n) is 6.62. The van der Waals surface area contributed by atoms with Gasteiger partial charge in [-0.05, 0) is 12.1 Å². The molecule has 6 heteroatoms. The van der Waals surface area contributed by atoms with E-state index in [9.17, 15) is 9.18 Å². The number of hydrogen-bond acceptors (Lipinski definition) is 3. The molecular formula is C8H3BrFNO3. The van der Waals surface area contributed by atoms with Gasteiger partial charge in [0.25, 0.3) is 0 Å². The molecule has 0 atom stereocenters. The van der Waals surface area contributed by atoms with Gasteiger partial charge in [-0.25, -0.2) is 14.2 Å². The van der Waals surface area contributed by atoms with E-state index in [0.717, 1.165) is 0 Å². The molecule has 1 heterocycles. The fourth-order valence-electron chi connectivity index (χ4n) is 1.05. The van der Waals surface area contributed by atoms with E-state index in [-0.39, 0.29) is 11.1 Å². The van der Waals surface area contributed by atoms with Crippen molar-refractivity contribution in [2.45, 2.75) is 0 Å². The van der Waals surface area contributed by atoms with E-state index in [1.165, 1.54) is 12.1 Å². The van der Waals surface area contributed by atoms with Crippen molar-refractivity contribution in [2.24, 2.45) is 0 Å². The van der Waals surface area contributed by atoms with Gasteiger partial charge in [0.2, 0.25) is 0 Å². The van der Waals surface area contributed by atoms with Crippen molar-refractivity contribution in [3.05, 3.63) is 28.3 Å². The van der Waals surface area contributed by atoms with Crippen molar-refractivity contribution in [3.8, 4) is 0 Å². The molecule has 4 nitrogen and oxygen atoms in total. The zero-order valence-corrected chi connectivity index (χ0v) is 8.21. The Kier molecular flexibility index (Phi) is 1.99. The lowest BCUT2D eigenvalue weighted by molar-refractivity contribution is 0.0656. The summed E-state index contributed by atoms with van der Waals surface area (Å²) in [6.45, 7) is 0. The number of fused-ring (bicyclic) bond motifs is 1. The minimum atomic E-state index is -1.32. The molecule has 0 bridgehead atoms. The molecule has 1 N–H and O–H groups in total. The predicted octanol–water partition coefficient (Wildman–Crippen LogP) is 2.43. The Hall–Kier alpha value is -1.43. The van der Waals surface area contributed by atoms with Crippen LogP contribution in [0, 0.1) is 5.82 Å². The highest BCUT2D eigenvalue weighted by molar-refractivity contribution is 9.10. The molecule has 1 aromatic heterocycles. The van der Waals surface area contributed by atoms with Gasteiger partial charge in [-0.15, -0.1) is 0 Å². The maximum Gasteiger partial charge on any atom is 0.392 e. The highest BCUT2D eigenvalue weighted by Crippen LogP contribution is 2.23. The molecule has 0 spiro atoms. The second kappa shape index (κ2) is 3.06. The first-order chi connectivity index (χ1) is 6.58. The van der Waals surface area contributed by atoms with Crippen LogP contribution in [-0.2, 0) is 0 Å². The lowest BCUT2D eigenvalue weighted by Gasteiger charge is -1.90. The largest absolute Gasteiger partial charge is 0.474 e. The van der Waals surface area contributed by atoms with Crippen molar-refractivity contribution in [1.82, 2.24) is 4.98 Å². The van der Waals surface area contributed by atoms with E-state index in [4.69, 9.17) is 9.52 Å². The third kappa shape index (κ3) is 1.37. The smallest absolute Gasteiger partial charge is 0.392 e. The Morgan fingerprint density at radius 2 is 2.29 bits per heavy atom. The van der Waals surface area contributed by atoms with E-state index in [0.29, 0.717) is 4.47 Å². The minimum absolute atomic E-state index is 0.0781. The minimum Gasteiger partial charge on any atom is -0.474 e. The molecule has 0 saturated heterocycles. The quantitative estimate of drug-likeness (QED) is 0.855. The fourth-order valence-corrected chi connectivity index (χ4v) is 1.46. The van der Waals surface area contributed by atoms with Gasteiger partial charge in [-0.2, -0.15) is 0 Å². The summed E-state index contributed by atoms with van der Waals surface area (Å²) in [6, 6.07) is 2.65. The Morgan fingerprint density at radius 1 is 1.57 bits per heavy atom. The van der Waals surface area contributed by atoms with Gasteiger partial charge < -0.3 is 9.52 Å². The van der Waals surface area contributed by atoms with Gasteiger partial charge in [0.05, 0.1) is 0 Å². The van der Waals surface area contributed by atoms with Gasteiger partial charge >= 0.3 is 11.9 Å². The Bertz CT molecular complexity index is 523. The first-order valence-corrected chi connectivity index (χ1v) is 4.36. The predicted molar refractivity (Wildman–Crippen MR) is 48.6 cm³/mol. The molecule has 1 aromatic carbocycles. The average Bonchev–Trinajstić information content (AvgIpc) is 2.47. The number of nitrogens with zero attached hydrogens (tertiary/aromatic N) is 1. The third-order valence-electron chi connectivity index (χ3n) is 1.60. The summed E-state index contributed by atoms with van der Waals surface area (Å²) in [4.78, 5) is 14.0. The van der Waals surface area contributed by atoms with Crippen LogP contribution in [0.2, 0.25) is 0 Å². The second-order valence-electron chi connectivity index (χ2n) is 2.56. The summed E-state index contributed by atoms with van der Waals surface area (Å²) in [5.41, 5.74) is 0.0277. The van der Waals surface area contributed by atoms with Gasteiger partial charge in [0.15, 0.2) is 11.4 Å². The Morgan fingerprint density at radius 3 is 2.93 bits per heavy atom. The number of hydrogen-bond donors (Lipinski definition) is 1. The molecular weight excluding hydrogens is 257 g/mol. The van der Waals surface area contributed by atoms with Crippen molar-refractivity contribution in [3.63, 3.8) is 0 Å². The molecule has 2 aromatic rings. The van der Waals surface area contributed by atoms with Crippen LogP contribution in [0.1, 0.15) is 10.7 Å². The maximum absolute atomic E-state index is 13.2. The third-order valence-corrected chi connectivity index (χ3v) is 2.05. The summed E-state index contributed by atoms with van der Waals surface area (Å²) in [5.74, 6) is -2.46. The Balaban J connectivity index is 2.76. The van der Waals surface area contributed by atoms with Crippen LogP contribution in [0.25, 0.3) is 11.1 Å². The molecule has 0 unspecified atom stereocenters. The van der Waals surface area contributed by atoms with Crippen LogP contribution in [0.3, 0.4) is 0 Å². The van der Waals surface area contributed by atoms with Crippen LogP contribution < -0.4 is 0 Å². The molecule has 14 heavy (non-hydrogen) atoms. The second-order valence-corrected chi connectivity index (χ2v) is 3.47. The summed E-state index contributed by atoms with van der Waals surface area (Å²) in [7, 11) is 0. The van der Waals surface area contributed by atoms with Crippen LogP contribution in [-0.4, -0.2) is 16.1 Å². The lowest BCUT2D eigenvalue weighted by atomic mass is 10.3. The van der Waals surface area contributed by atoms with Crippen LogP contribution in [0.5, 0.6) is 0 Å². The normalized spacial score (nSPS) is 10.7. The van der Waals surface area contributed by atoms with Gasteiger partial charge in [-0.1, -0.05) is 15.9 Å². The number of aromatic carboxylic acids is 1. The van der Waals surface area contributed by atoms with E-state index in [2.05, 4.69) is 20.9 Å². The fraction of sp³-hybridized carbons (Fsp3) is 0. The van der Waals surface area contributed by atoms with Crippen molar-refractivity contribution < 1.29 is 18.7 Å². The summed E-state index contributed by atoms with van der Waals surface area (Å²) < 4.78 is 18.5. The molecule has 0 fully saturated rings. The molecule has 0 aliphatic rings. The van der Waals surface area contributed by atoms with Crippen molar-refractivity contribution in [1.29, 1.82) is 0 Å². The van der Waals surface area contributed by atoms with Crippen LogP contribution in [0.4, 0.5) is 4.39 Å². The SMILES string of the molecule is O=C(O)c1nc2c(F)cc(Br)cc2o1. The zero-order chi connectivity index (χ0) is 10.3. The molecule has 0 aliphatic heterocycles. The number of rotatable bonds is 1. The van der Waals surface area contributed by atoms with Gasteiger partial charge in [0, 0.05) is 4.47 Å². The molecule has 0 radical (unpaired) electrons. The standard InChI is InChI=1S/C8H3BrFNO3/c9-3-1-4(10)6-5(2-3)14-7(11-6)8(12)13/h1-2H,(H,12,13). The van der Waals surface area contributed by atoms with Crippen molar-refractivity contribution in [2.75, 3.05) is 0 Å². The number of aromatic nitrogens is 1. The van der Waals surface area contributed by atoms with Crippen LogP contribution in [0.15, 0.2) is 21.0 Å². The number of carbonyl (C=O) groups is 1. The van der Waals surface area contributed by atoms with E-state index >= 15 is 0 Å². The number of carboxylic acids is 1. The summed E-state index contributed by atoms with van der Waals surface area (Å²) in [6.07, 6.45) is 0. The molecule has 2 rings (SSSR count). The van der Waals surface area contributed by atoms with E-state index in [1.54, 1.807) is 0 Å².